The van der Waals surface area contributed by atoms with Crippen LogP contribution in [-0.4, -0.2) is 11.7 Å². The fourth-order valence-corrected chi connectivity index (χ4v) is 1.67. The fraction of sp³-hybridized carbons (Fsp3) is 0.167. The summed E-state index contributed by atoms with van der Waals surface area (Å²) in [5.41, 5.74) is 15.5. The molecule has 16 heavy (non-hydrogen) atoms. The fourth-order valence-electron chi connectivity index (χ4n) is 1.67. The molecule has 2 aromatic rings. The smallest absolute Gasteiger partial charge is 0.0981 e. The Kier molecular flexibility index (Phi) is 2.83. The van der Waals surface area contributed by atoms with Crippen LogP contribution < -0.4 is 11.5 Å². The lowest BCUT2D eigenvalue weighted by molar-refractivity contribution is 0.299. The normalized spacial score (nSPS) is 10.6. The van der Waals surface area contributed by atoms with E-state index in [1.807, 2.05) is 12.1 Å². The molecule has 2 rings (SSSR count). The molecule has 0 amide bonds. The van der Waals surface area contributed by atoms with Gasteiger partial charge in [0.05, 0.1) is 23.9 Å². The number of anilines is 2. The summed E-state index contributed by atoms with van der Waals surface area (Å²) in [6, 6.07) is 5.54. The molecule has 0 radical (unpaired) electrons. The van der Waals surface area contributed by atoms with Crippen molar-refractivity contribution in [1.82, 2.24) is 0 Å². The van der Waals surface area contributed by atoms with E-state index in [2.05, 4.69) is 0 Å². The number of rotatable bonds is 3. The van der Waals surface area contributed by atoms with Crippen molar-refractivity contribution < 1.29 is 9.52 Å². The van der Waals surface area contributed by atoms with Gasteiger partial charge in [-0.3, -0.25) is 0 Å². The molecule has 1 aromatic carbocycles. The van der Waals surface area contributed by atoms with Crippen LogP contribution in [0.1, 0.15) is 5.56 Å². The average molecular weight is 218 g/mol. The van der Waals surface area contributed by atoms with Crippen molar-refractivity contribution in [2.75, 3.05) is 18.1 Å². The van der Waals surface area contributed by atoms with Crippen molar-refractivity contribution in [2.24, 2.45) is 0 Å². The van der Waals surface area contributed by atoms with Crippen LogP contribution in [0.4, 0.5) is 11.4 Å². The third kappa shape index (κ3) is 1.87. The summed E-state index contributed by atoms with van der Waals surface area (Å²) in [6.07, 6.45) is 3.77. The lowest BCUT2D eigenvalue weighted by Crippen LogP contribution is -2.00. The van der Waals surface area contributed by atoms with Gasteiger partial charge in [0, 0.05) is 17.7 Å². The second-order valence-electron chi connectivity index (χ2n) is 3.63. The van der Waals surface area contributed by atoms with Gasteiger partial charge in [-0.25, -0.2) is 0 Å². The minimum absolute atomic E-state index is 0.0915. The third-order valence-corrected chi connectivity index (χ3v) is 2.50. The van der Waals surface area contributed by atoms with Gasteiger partial charge in [0.15, 0.2) is 0 Å². The Morgan fingerprint density at radius 3 is 2.69 bits per heavy atom. The molecule has 5 N–H and O–H groups in total. The van der Waals surface area contributed by atoms with Gasteiger partial charge < -0.3 is 21.0 Å². The van der Waals surface area contributed by atoms with Gasteiger partial charge in [0.1, 0.15) is 0 Å². The van der Waals surface area contributed by atoms with E-state index in [4.69, 9.17) is 21.0 Å². The summed E-state index contributed by atoms with van der Waals surface area (Å²) < 4.78 is 5.02. The van der Waals surface area contributed by atoms with Gasteiger partial charge in [0.2, 0.25) is 0 Å². The Hall–Kier alpha value is -1.94. The Morgan fingerprint density at radius 2 is 2.06 bits per heavy atom. The Bertz CT molecular complexity index is 478. The van der Waals surface area contributed by atoms with Crippen LogP contribution >= 0.6 is 0 Å². The minimum atomic E-state index is 0.0915. The predicted molar refractivity (Wildman–Crippen MR) is 63.8 cm³/mol. The minimum Gasteiger partial charge on any atom is -0.472 e. The van der Waals surface area contributed by atoms with E-state index in [0.717, 1.165) is 16.7 Å². The zero-order chi connectivity index (χ0) is 11.5. The molecule has 0 unspecified atom stereocenters. The van der Waals surface area contributed by atoms with E-state index in [1.54, 1.807) is 18.6 Å². The molecule has 0 bridgehead atoms. The van der Waals surface area contributed by atoms with E-state index in [9.17, 15) is 0 Å². The van der Waals surface area contributed by atoms with Crippen molar-refractivity contribution >= 4 is 11.4 Å². The molecule has 4 nitrogen and oxygen atoms in total. The highest BCUT2D eigenvalue weighted by molar-refractivity contribution is 5.84. The molecule has 4 heteroatoms. The summed E-state index contributed by atoms with van der Waals surface area (Å²) in [6.45, 7) is 0.0915. The Balaban J connectivity index is 2.51. The highest BCUT2D eigenvalue weighted by Gasteiger charge is 2.08. The quantitative estimate of drug-likeness (QED) is 0.684. The number of nitrogens with two attached hydrogens (primary N) is 2. The summed E-state index contributed by atoms with van der Waals surface area (Å²) >= 11 is 0. The molecule has 1 heterocycles. The van der Waals surface area contributed by atoms with E-state index in [0.29, 0.717) is 17.8 Å². The van der Waals surface area contributed by atoms with Crippen LogP contribution in [0, 0.1) is 0 Å². The first kappa shape index (κ1) is 10.6. The lowest BCUT2D eigenvalue weighted by Gasteiger charge is -2.09. The molecule has 0 saturated carbocycles. The number of benzene rings is 1. The van der Waals surface area contributed by atoms with Crippen LogP contribution in [0.2, 0.25) is 0 Å². The summed E-state index contributed by atoms with van der Waals surface area (Å²) in [4.78, 5) is 0. The van der Waals surface area contributed by atoms with Crippen molar-refractivity contribution in [1.29, 1.82) is 0 Å². The molecular weight excluding hydrogens is 204 g/mol. The first-order chi connectivity index (χ1) is 7.72. The molecule has 0 aliphatic carbocycles. The molecule has 0 aliphatic rings. The molecular formula is C12H14N2O2. The van der Waals surface area contributed by atoms with Crippen LogP contribution in [-0.2, 0) is 6.42 Å². The molecule has 0 fully saturated rings. The van der Waals surface area contributed by atoms with E-state index in [1.165, 1.54) is 0 Å². The molecule has 1 aromatic heterocycles. The van der Waals surface area contributed by atoms with Gasteiger partial charge in [0.25, 0.3) is 0 Å². The summed E-state index contributed by atoms with van der Waals surface area (Å²) in [5, 5.41) is 8.91. The standard InChI is InChI=1S/C12H14N2O2/c13-11-6-8(1-3-15)5-10(12(11)14)9-2-4-16-7-9/h2,4-7,15H,1,3,13-14H2. The predicted octanol–water partition coefficient (Wildman–Crippen LogP) is 1.65. The first-order valence-corrected chi connectivity index (χ1v) is 5.03. The third-order valence-electron chi connectivity index (χ3n) is 2.50. The largest absolute Gasteiger partial charge is 0.472 e. The molecule has 0 spiro atoms. The maximum Gasteiger partial charge on any atom is 0.0981 e. The Morgan fingerprint density at radius 1 is 1.25 bits per heavy atom. The summed E-state index contributed by atoms with van der Waals surface area (Å²) in [5.74, 6) is 0. The van der Waals surface area contributed by atoms with E-state index < -0.39 is 0 Å². The van der Waals surface area contributed by atoms with Crippen LogP contribution in [0.3, 0.4) is 0 Å². The van der Waals surface area contributed by atoms with Crippen LogP contribution in [0.25, 0.3) is 11.1 Å². The number of hydrogen-bond donors (Lipinski definition) is 3. The van der Waals surface area contributed by atoms with Gasteiger partial charge >= 0.3 is 0 Å². The van der Waals surface area contributed by atoms with Crippen LogP contribution in [0.15, 0.2) is 35.1 Å². The van der Waals surface area contributed by atoms with Gasteiger partial charge in [-0.2, -0.15) is 0 Å². The van der Waals surface area contributed by atoms with Crippen molar-refractivity contribution in [3.63, 3.8) is 0 Å². The first-order valence-electron chi connectivity index (χ1n) is 5.03. The van der Waals surface area contributed by atoms with Crippen molar-refractivity contribution in [3.05, 3.63) is 36.3 Å². The number of nitrogen functional groups attached to an aromatic ring is 2. The molecule has 84 valence electrons. The molecule has 0 saturated heterocycles. The van der Waals surface area contributed by atoms with Gasteiger partial charge in [-0.1, -0.05) is 0 Å². The van der Waals surface area contributed by atoms with Gasteiger partial charge in [-0.05, 0) is 30.2 Å². The SMILES string of the molecule is Nc1cc(CCO)cc(-c2ccoc2)c1N. The van der Waals surface area contributed by atoms with E-state index in [-0.39, 0.29) is 6.61 Å². The van der Waals surface area contributed by atoms with Crippen molar-refractivity contribution in [2.45, 2.75) is 6.42 Å². The number of aliphatic hydroxyl groups is 1. The van der Waals surface area contributed by atoms with E-state index >= 15 is 0 Å². The second-order valence-corrected chi connectivity index (χ2v) is 3.63. The average Bonchev–Trinajstić information content (AvgIpc) is 2.76. The highest BCUT2D eigenvalue weighted by Crippen LogP contribution is 2.32. The van der Waals surface area contributed by atoms with Gasteiger partial charge in [-0.15, -0.1) is 0 Å². The highest BCUT2D eigenvalue weighted by atomic mass is 16.3. The summed E-state index contributed by atoms with van der Waals surface area (Å²) in [7, 11) is 0. The second kappa shape index (κ2) is 4.28. The topological polar surface area (TPSA) is 85.4 Å². The monoisotopic (exact) mass is 218 g/mol. The molecule has 0 atom stereocenters. The zero-order valence-corrected chi connectivity index (χ0v) is 8.81. The zero-order valence-electron chi connectivity index (χ0n) is 8.81. The number of furan rings is 1. The lowest BCUT2D eigenvalue weighted by atomic mass is 10.0. The molecule has 0 aliphatic heterocycles. The van der Waals surface area contributed by atoms with Crippen molar-refractivity contribution in [3.8, 4) is 11.1 Å². The van der Waals surface area contributed by atoms with Crippen LogP contribution in [0.5, 0.6) is 0 Å². The number of hydrogen-bond acceptors (Lipinski definition) is 4. The number of aliphatic hydroxyl groups excluding tert-OH is 1. The maximum absolute atomic E-state index is 8.91. The Labute approximate surface area is 93.5 Å². The maximum atomic E-state index is 8.91.